The molecule has 0 aliphatic carbocycles. The van der Waals surface area contributed by atoms with E-state index in [0.29, 0.717) is 5.82 Å². The maximum atomic E-state index is 12.0. The number of hydrogen-bond acceptors (Lipinski definition) is 5. The van der Waals surface area contributed by atoms with Gasteiger partial charge in [-0.25, -0.2) is 9.78 Å². The molecule has 7 nitrogen and oxygen atoms in total. The van der Waals surface area contributed by atoms with Gasteiger partial charge in [-0.15, -0.1) is 0 Å². The summed E-state index contributed by atoms with van der Waals surface area (Å²) in [4.78, 5) is 27.1. The molecule has 1 aromatic rings. The second-order valence-electron chi connectivity index (χ2n) is 5.02. The molecular formula is C15H18N4O3. The fourth-order valence-corrected chi connectivity index (χ4v) is 1.67. The first-order chi connectivity index (χ1) is 10.4. The minimum absolute atomic E-state index is 0.0996. The van der Waals surface area contributed by atoms with E-state index in [2.05, 4.69) is 15.6 Å². The van der Waals surface area contributed by atoms with Crippen LogP contribution in [0.25, 0.3) is 0 Å². The lowest BCUT2D eigenvalue weighted by Gasteiger charge is -2.16. The van der Waals surface area contributed by atoms with Crippen molar-refractivity contribution in [2.75, 3.05) is 5.32 Å². The van der Waals surface area contributed by atoms with Crippen LogP contribution in [0.1, 0.15) is 20.3 Å². The first-order valence-electron chi connectivity index (χ1n) is 6.75. The van der Waals surface area contributed by atoms with Crippen LogP contribution in [0.2, 0.25) is 0 Å². The van der Waals surface area contributed by atoms with E-state index < -0.39 is 17.9 Å². The third kappa shape index (κ3) is 5.63. The normalized spacial score (nSPS) is 12.4. The van der Waals surface area contributed by atoms with Gasteiger partial charge in [-0.3, -0.25) is 4.79 Å². The molecule has 7 heteroatoms. The number of nitrogens with one attached hydrogen (secondary N) is 2. The van der Waals surface area contributed by atoms with Gasteiger partial charge in [0.2, 0.25) is 0 Å². The average Bonchev–Trinajstić information content (AvgIpc) is 2.47. The molecule has 0 aliphatic heterocycles. The number of carbonyl (C=O) groups excluding carboxylic acids is 1. The monoisotopic (exact) mass is 302 g/mol. The zero-order chi connectivity index (χ0) is 16.5. The summed E-state index contributed by atoms with van der Waals surface area (Å²) >= 11 is 0. The summed E-state index contributed by atoms with van der Waals surface area (Å²) in [6.45, 7) is 3.71. The minimum Gasteiger partial charge on any atom is -0.480 e. The lowest BCUT2D eigenvalue weighted by molar-refractivity contribution is -0.141. The summed E-state index contributed by atoms with van der Waals surface area (Å²) in [5.74, 6) is -1.29. The van der Waals surface area contributed by atoms with Crippen LogP contribution in [0.15, 0.2) is 36.2 Å². The number of carboxylic acid groups (broad SMARTS) is 1. The molecule has 1 heterocycles. The predicted octanol–water partition coefficient (Wildman–Crippen LogP) is 1.52. The molecule has 0 saturated carbocycles. The molecule has 0 fully saturated rings. The van der Waals surface area contributed by atoms with Crippen LogP contribution >= 0.6 is 0 Å². The molecule has 3 N–H and O–H groups in total. The molecule has 1 atom stereocenters. The van der Waals surface area contributed by atoms with Crippen molar-refractivity contribution in [3.63, 3.8) is 0 Å². The Kier molecular flexibility index (Phi) is 6.57. The molecule has 0 saturated heterocycles. The number of nitriles is 1. The number of pyridine rings is 1. The van der Waals surface area contributed by atoms with Gasteiger partial charge in [-0.2, -0.15) is 5.26 Å². The largest absolute Gasteiger partial charge is 0.480 e. The number of carbonyl (C=O) groups is 2. The van der Waals surface area contributed by atoms with E-state index in [9.17, 15) is 9.59 Å². The van der Waals surface area contributed by atoms with Gasteiger partial charge in [0.05, 0.1) is 0 Å². The topological polar surface area (TPSA) is 115 Å². The van der Waals surface area contributed by atoms with Crippen LogP contribution in [-0.4, -0.2) is 28.0 Å². The van der Waals surface area contributed by atoms with Crippen molar-refractivity contribution in [1.29, 1.82) is 5.26 Å². The molecule has 1 rings (SSSR count). The highest BCUT2D eigenvalue weighted by atomic mass is 16.4. The molecular weight excluding hydrogens is 284 g/mol. The van der Waals surface area contributed by atoms with Gasteiger partial charge in [0.1, 0.15) is 23.5 Å². The summed E-state index contributed by atoms with van der Waals surface area (Å²) in [6, 6.07) is 5.86. The number of nitrogens with zero attached hydrogens (tertiary/aromatic N) is 2. The minimum atomic E-state index is -1.13. The molecule has 0 spiro atoms. The number of aliphatic carboxylic acids is 1. The molecule has 0 aliphatic rings. The van der Waals surface area contributed by atoms with Crippen LogP contribution in [0, 0.1) is 17.2 Å². The van der Waals surface area contributed by atoms with Crippen LogP contribution < -0.4 is 10.6 Å². The highest BCUT2D eigenvalue weighted by Gasteiger charge is 2.22. The molecule has 0 aromatic carbocycles. The summed E-state index contributed by atoms with van der Waals surface area (Å²) in [7, 11) is 0. The molecule has 1 unspecified atom stereocenters. The SMILES string of the molecule is CC(C)CC(NC(=O)/C(C#N)=C\Nc1ccccn1)C(=O)O. The van der Waals surface area contributed by atoms with E-state index in [-0.39, 0.29) is 17.9 Å². The van der Waals surface area contributed by atoms with E-state index in [4.69, 9.17) is 10.4 Å². The van der Waals surface area contributed by atoms with E-state index >= 15 is 0 Å². The van der Waals surface area contributed by atoms with Crippen molar-refractivity contribution in [1.82, 2.24) is 10.3 Å². The van der Waals surface area contributed by atoms with E-state index in [1.807, 2.05) is 13.8 Å². The van der Waals surface area contributed by atoms with Crippen molar-refractivity contribution in [3.05, 3.63) is 36.2 Å². The van der Waals surface area contributed by atoms with E-state index in [0.717, 1.165) is 0 Å². The fraction of sp³-hybridized carbons (Fsp3) is 0.333. The maximum Gasteiger partial charge on any atom is 0.326 e. The van der Waals surface area contributed by atoms with Crippen LogP contribution in [-0.2, 0) is 9.59 Å². The van der Waals surface area contributed by atoms with Crippen molar-refractivity contribution >= 4 is 17.7 Å². The van der Waals surface area contributed by atoms with Crippen molar-refractivity contribution in [3.8, 4) is 6.07 Å². The van der Waals surface area contributed by atoms with Gasteiger partial charge in [0.15, 0.2) is 0 Å². The van der Waals surface area contributed by atoms with Gasteiger partial charge in [0, 0.05) is 12.4 Å². The smallest absolute Gasteiger partial charge is 0.326 e. The third-order valence-corrected chi connectivity index (χ3v) is 2.70. The standard InChI is InChI=1S/C15H18N4O3/c1-10(2)7-12(15(21)22)19-14(20)11(8-16)9-18-13-5-3-4-6-17-13/h3-6,9-10,12H,7H2,1-2H3,(H,17,18)(H,19,20)(H,21,22)/b11-9-. The second-order valence-corrected chi connectivity index (χ2v) is 5.02. The second kappa shape index (κ2) is 8.42. The van der Waals surface area contributed by atoms with Gasteiger partial charge in [-0.05, 0) is 24.5 Å². The Bertz CT molecular complexity index is 591. The Morgan fingerprint density at radius 1 is 1.45 bits per heavy atom. The molecule has 116 valence electrons. The Balaban J connectivity index is 2.75. The van der Waals surface area contributed by atoms with Gasteiger partial charge >= 0.3 is 5.97 Å². The van der Waals surface area contributed by atoms with Gasteiger partial charge in [0.25, 0.3) is 5.91 Å². The number of hydrogen-bond donors (Lipinski definition) is 3. The highest BCUT2D eigenvalue weighted by Crippen LogP contribution is 2.07. The quantitative estimate of drug-likeness (QED) is 0.519. The molecule has 1 amide bonds. The van der Waals surface area contributed by atoms with Crippen molar-refractivity contribution in [2.45, 2.75) is 26.3 Å². The molecule has 22 heavy (non-hydrogen) atoms. The van der Waals surface area contributed by atoms with Crippen LogP contribution in [0.5, 0.6) is 0 Å². The third-order valence-electron chi connectivity index (χ3n) is 2.70. The average molecular weight is 302 g/mol. The number of carboxylic acids is 1. The van der Waals surface area contributed by atoms with Gasteiger partial charge in [-0.1, -0.05) is 19.9 Å². The molecule has 0 radical (unpaired) electrons. The van der Waals surface area contributed by atoms with E-state index in [1.54, 1.807) is 30.5 Å². The predicted molar refractivity (Wildman–Crippen MR) is 80.6 cm³/mol. The first-order valence-corrected chi connectivity index (χ1v) is 6.75. The fourth-order valence-electron chi connectivity index (χ4n) is 1.67. The lowest BCUT2D eigenvalue weighted by atomic mass is 10.0. The Morgan fingerprint density at radius 3 is 2.68 bits per heavy atom. The number of aromatic nitrogens is 1. The number of rotatable bonds is 7. The first kappa shape index (κ1) is 17.2. The Morgan fingerprint density at radius 2 is 2.18 bits per heavy atom. The molecule has 1 aromatic heterocycles. The number of amides is 1. The summed E-state index contributed by atoms with van der Waals surface area (Å²) in [6.07, 6.45) is 3.05. The van der Waals surface area contributed by atoms with Crippen LogP contribution in [0.4, 0.5) is 5.82 Å². The van der Waals surface area contributed by atoms with Gasteiger partial charge < -0.3 is 15.7 Å². The lowest BCUT2D eigenvalue weighted by Crippen LogP contribution is -2.42. The molecule has 0 bridgehead atoms. The van der Waals surface area contributed by atoms with Crippen molar-refractivity contribution in [2.24, 2.45) is 5.92 Å². The highest BCUT2D eigenvalue weighted by molar-refractivity contribution is 5.99. The van der Waals surface area contributed by atoms with E-state index in [1.165, 1.54) is 6.20 Å². The number of anilines is 1. The summed E-state index contributed by atoms with van der Waals surface area (Å²) < 4.78 is 0. The zero-order valence-electron chi connectivity index (χ0n) is 12.4. The zero-order valence-corrected chi connectivity index (χ0v) is 12.4. The summed E-state index contributed by atoms with van der Waals surface area (Å²) in [5, 5.41) is 23.2. The Hall–Kier alpha value is -2.88. The van der Waals surface area contributed by atoms with Crippen molar-refractivity contribution < 1.29 is 14.7 Å². The summed E-state index contributed by atoms with van der Waals surface area (Å²) in [5.41, 5.74) is -0.222. The maximum absolute atomic E-state index is 12.0. The Labute approximate surface area is 128 Å². The van der Waals surface area contributed by atoms with Crippen LogP contribution in [0.3, 0.4) is 0 Å².